The van der Waals surface area contributed by atoms with E-state index in [4.69, 9.17) is 11.6 Å². The molecule has 0 amide bonds. The van der Waals surface area contributed by atoms with Crippen molar-refractivity contribution in [3.63, 3.8) is 0 Å². The van der Waals surface area contributed by atoms with Gasteiger partial charge in [-0.05, 0) is 41.9 Å². The largest absolute Gasteiger partial charge is 0.368 e. The molecule has 0 spiro atoms. The molecule has 0 radical (unpaired) electrons. The SMILES string of the molecule is Clc1ncnc(NCCN2CCCCCC2)c1Br. The third-order valence-corrected chi connectivity index (χ3v) is 4.43. The summed E-state index contributed by atoms with van der Waals surface area (Å²) in [6.45, 7) is 4.36. The summed E-state index contributed by atoms with van der Waals surface area (Å²) in [5, 5.41) is 3.74. The minimum atomic E-state index is 0.447. The lowest BCUT2D eigenvalue weighted by molar-refractivity contribution is 0.296. The summed E-state index contributed by atoms with van der Waals surface area (Å²) in [6, 6.07) is 0. The van der Waals surface area contributed by atoms with Gasteiger partial charge >= 0.3 is 0 Å². The van der Waals surface area contributed by atoms with Crippen molar-refractivity contribution in [1.82, 2.24) is 14.9 Å². The van der Waals surface area contributed by atoms with Gasteiger partial charge in [-0.2, -0.15) is 0 Å². The highest BCUT2D eigenvalue weighted by Gasteiger charge is 2.09. The van der Waals surface area contributed by atoms with Crippen LogP contribution in [0.25, 0.3) is 0 Å². The van der Waals surface area contributed by atoms with E-state index < -0.39 is 0 Å². The summed E-state index contributed by atoms with van der Waals surface area (Å²) in [5.74, 6) is 0.768. The number of aromatic nitrogens is 2. The van der Waals surface area contributed by atoms with Crippen LogP contribution < -0.4 is 5.32 Å². The van der Waals surface area contributed by atoms with Crippen molar-refractivity contribution < 1.29 is 0 Å². The second-order valence-electron chi connectivity index (χ2n) is 4.51. The van der Waals surface area contributed by atoms with Crippen LogP contribution in [0, 0.1) is 0 Å². The maximum absolute atomic E-state index is 5.91. The molecular weight excluding hydrogens is 316 g/mol. The standard InChI is InChI=1S/C12H18BrClN4/c13-10-11(14)16-9-17-12(10)15-5-8-18-6-3-1-2-4-7-18/h9H,1-8H2,(H,15,16,17). The molecule has 6 heteroatoms. The van der Waals surface area contributed by atoms with Gasteiger partial charge in [0.05, 0.1) is 4.47 Å². The molecule has 1 N–H and O–H groups in total. The van der Waals surface area contributed by atoms with Crippen LogP contribution in [0.4, 0.5) is 5.82 Å². The molecule has 0 atom stereocenters. The number of nitrogens with zero attached hydrogens (tertiary/aromatic N) is 3. The summed E-state index contributed by atoms with van der Waals surface area (Å²) in [4.78, 5) is 10.6. The fraction of sp³-hybridized carbons (Fsp3) is 0.667. The Hall–Kier alpha value is -0.390. The van der Waals surface area contributed by atoms with Crippen LogP contribution in [0.1, 0.15) is 25.7 Å². The first-order chi connectivity index (χ1) is 8.77. The maximum atomic E-state index is 5.91. The van der Waals surface area contributed by atoms with Crippen LogP contribution in [0.15, 0.2) is 10.8 Å². The number of nitrogens with one attached hydrogen (secondary N) is 1. The van der Waals surface area contributed by atoms with Crippen molar-refractivity contribution in [1.29, 1.82) is 0 Å². The Balaban J connectivity index is 1.79. The Morgan fingerprint density at radius 2 is 1.94 bits per heavy atom. The quantitative estimate of drug-likeness (QED) is 0.859. The van der Waals surface area contributed by atoms with Gasteiger partial charge in [0.25, 0.3) is 0 Å². The van der Waals surface area contributed by atoms with Crippen LogP contribution in [0.5, 0.6) is 0 Å². The van der Waals surface area contributed by atoms with Gasteiger partial charge in [0.15, 0.2) is 0 Å². The zero-order chi connectivity index (χ0) is 12.8. The van der Waals surface area contributed by atoms with Crippen LogP contribution >= 0.6 is 27.5 Å². The van der Waals surface area contributed by atoms with Gasteiger partial charge in [0.1, 0.15) is 17.3 Å². The highest BCUT2D eigenvalue weighted by molar-refractivity contribution is 9.10. The van der Waals surface area contributed by atoms with Crippen LogP contribution in [0.3, 0.4) is 0 Å². The molecule has 4 nitrogen and oxygen atoms in total. The topological polar surface area (TPSA) is 41.1 Å². The van der Waals surface area contributed by atoms with Crippen LogP contribution in [-0.2, 0) is 0 Å². The van der Waals surface area contributed by atoms with Crippen molar-refractivity contribution in [2.75, 3.05) is 31.5 Å². The number of likely N-dealkylation sites (tertiary alicyclic amines) is 1. The van der Waals surface area contributed by atoms with Gasteiger partial charge in [0.2, 0.25) is 0 Å². The monoisotopic (exact) mass is 332 g/mol. The highest BCUT2D eigenvalue weighted by Crippen LogP contribution is 2.25. The van der Waals surface area contributed by atoms with Gasteiger partial charge in [-0.15, -0.1) is 0 Å². The van der Waals surface area contributed by atoms with E-state index in [9.17, 15) is 0 Å². The molecule has 0 bridgehead atoms. The Morgan fingerprint density at radius 1 is 1.22 bits per heavy atom. The van der Waals surface area contributed by atoms with E-state index in [0.29, 0.717) is 5.15 Å². The fourth-order valence-electron chi connectivity index (χ4n) is 2.16. The molecule has 2 heterocycles. The molecule has 100 valence electrons. The zero-order valence-corrected chi connectivity index (χ0v) is 12.7. The van der Waals surface area contributed by atoms with Crippen LogP contribution in [-0.4, -0.2) is 41.0 Å². The molecule has 0 saturated carbocycles. The normalized spacial score (nSPS) is 17.4. The number of rotatable bonds is 4. The first-order valence-electron chi connectivity index (χ1n) is 6.39. The lowest BCUT2D eigenvalue weighted by atomic mass is 10.2. The van der Waals surface area contributed by atoms with Gasteiger partial charge in [-0.3, -0.25) is 0 Å². The second kappa shape index (κ2) is 7.26. The van der Waals surface area contributed by atoms with Crippen molar-refractivity contribution in [3.05, 3.63) is 16.0 Å². The van der Waals surface area contributed by atoms with E-state index in [1.807, 2.05) is 0 Å². The summed E-state index contributed by atoms with van der Waals surface area (Å²) in [5.41, 5.74) is 0. The minimum absolute atomic E-state index is 0.447. The van der Waals surface area contributed by atoms with Gasteiger partial charge in [-0.1, -0.05) is 24.4 Å². The molecule has 1 saturated heterocycles. The van der Waals surface area contributed by atoms with Crippen molar-refractivity contribution in [3.8, 4) is 0 Å². The Labute approximate surface area is 121 Å². The van der Waals surface area contributed by atoms with Crippen LogP contribution in [0.2, 0.25) is 5.15 Å². The molecule has 1 aromatic heterocycles. The lowest BCUT2D eigenvalue weighted by Gasteiger charge is -2.20. The molecule has 0 aromatic carbocycles. The smallest absolute Gasteiger partial charge is 0.148 e. The number of anilines is 1. The van der Waals surface area contributed by atoms with Gasteiger partial charge in [-0.25, -0.2) is 9.97 Å². The summed E-state index contributed by atoms with van der Waals surface area (Å²) in [6.07, 6.45) is 6.86. The van der Waals surface area contributed by atoms with E-state index >= 15 is 0 Å². The number of hydrogen-bond donors (Lipinski definition) is 1. The van der Waals surface area contributed by atoms with E-state index in [2.05, 4.69) is 36.1 Å². The molecule has 2 rings (SSSR count). The first-order valence-corrected chi connectivity index (χ1v) is 7.56. The average molecular weight is 334 g/mol. The van der Waals surface area contributed by atoms with E-state index in [-0.39, 0.29) is 0 Å². The molecule has 0 unspecified atom stereocenters. The highest BCUT2D eigenvalue weighted by atomic mass is 79.9. The summed E-state index contributed by atoms with van der Waals surface area (Å²) >= 11 is 9.30. The molecule has 1 aliphatic heterocycles. The predicted molar refractivity (Wildman–Crippen MR) is 78.1 cm³/mol. The Kier molecular flexibility index (Phi) is 5.66. The predicted octanol–water partition coefficient (Wildman–Crippen LogP) is 3.18. The molecular formula is C12H18BrClN4. The zero-order valence-electron chi connectivity index (χ0n) is 10.3. The van der Waals surface area contributed by atoms with Gasteiger partial charge < -0.3 is 10.2 Å². The second-order valence-corrected chi connectivity index (χ2v) is 5.66. The summed E-state index contributed by atoms with van der Waals surface area (Å²) in [7, 11) is 0. The van der Waals surface area contributed by atoms with Crippen molar-refractivity contribution in [2.45, 2.75) is 25.7 Å². The maximum Gasteiger partial charge on any atom is 0.148 e. The number of hydrogen-bond acceptors (Lipinski definition) is 4. The third kappa shape index (κ3) is 4.07. The lowest BCUT2D eigenvalue weighted by Crippen LogP contribution is -2.30. The van der Waals surface area contributed by atoms with E-state index in [1.54, 1.807) is 0 Å². The molecule has 1 fully saturated rings. The van der Waals surface area contributed by atoms with E-state index in [0.717, 1.165) is 23.4 Å². The minimum Gasteiger partial charge on any atom is -0.368 e. The summed E-state index contributed by atoms with van der Waals surface area (Å²) < 4.78 is 0.738. The molecule has 1 aliphatic rings. The number of halogens is 2. The molecule has 18 heavy (non-hydrogen) atoms. The third-order valence-electron chi connectivity index (χ3n) is 3.17. The average Bonchev–Trinajstić information content (AvgIpc) is 2.63. The van der Waals surface area contributed by atoms with E-state index in [1.165, 1.54) is 45.1 Å². The van der Waals surface area contributed by atoms with Crippen molar-refractivity contribution >= 4 is 33.3 Å². The Morgan fingerprint density at radius 3 is 2.67 bits per heavy atom. The molecule has 1 aromatic rings. The molecule has 0 aliphatic carbocycles. The Bertz CT molecular complexity index is 380. The van der Waals surface area contributed by atoms with Crippen molar-refractivity contribution in [2.24, 2.45) is 0 Å². The van der Waals surface area contributed by atoms with Gasteiger partial charge in [0, 0.05) is 13.1 Å². The first kappa shape index (κ1) is 14.0. The fourth-order valence-corrected chi connectivity index (χ4v) is 2.64.